The van der Waals surface area contributed by atoms with Crippen LogP contribution >= 0.6 is 0 Å². The average molecular weight is 384 g/mol. The quantitative estimate of drug-likeness (QED) is 0.630. The van der Waals surface area contributed by atoms with Gasteiger partial charge in [0.1, 0.15) is 12.6 Å². The molecule has 0 saturated heterocycles. The molecule has 28 heavy (non-hydrogen) atoms. The standard InChI is InChI=1S/C20H20N2O6/c1-12(19(25)22-28-11-18(23)24)21-20(26)27-10-17-15-8-4-2-6-13(15)14-7-3-5-9-16(14)17/h2-9,12,17H,10-11H2,1H3,(H,21,26)(H,22,25)(H,23,24)/t12-/m1/s1. The number of nitrogens with one attached hydrogen (secondary N) is 2. The van der Waals surface area contributed by atoms with E-state index in [2.05, 4.69) is 10.2 Å². The molecule has 1 aliphatic rings. The van der Waals surface area contributed by atoms with Gasteiger partial charge in [-0.3, -0.25) is 9.63 Å². The van der Waals surface area contributed by atoms with Gasteiger partial charge in [0, 0.05) is 5.92 Å². The van der Waals surface area contributed by atoms with Gasteiger partial charge in [-0.25, -0.2) is 15.1 Å². The molecule has 0 radical (unpaired) electrons. The molecule has 0 aromatic heterocycles. The fourth-order valence-corrected chi connectivity index (χ4v) is 3.14. The molecule has 2 aromatic rings. The Bertz CT molecular complexity index is 852. The highest BCUT2D eigenvalue weighted by Crippen LogP contribution is 2.44. The van der Waals surface area contributed by atoms with Crippen LogP contribution < -0.4 is 10.8 Å². The minimum atomic E-state index is -1.22. The molecule has 8 nitrogen and oxygen atoms in total. The summed E-state index contributed by atoms with van der Waals surface area (Å²) in [5.41, 5.74) is 6.37. The van der Waals surface area contributed by atoms with Gasteiger partial charge < -0.3 is 15.2 Å². The van der Waals surface area contributed by atoms with Gasteiger partial charge in [0.05, 0.1) is 0 Å². The number of hydrogen-bond donors (Lipinski definition) is 3. The van der Waals surface area contributed by atoms with Gasteiger partial charge in [-0.1, -0.05) is 48.5 Å². The Kier molecular flexibility index (Phi) is 5.90. The Hall–Kier alpha value is -3.39. The lowest BCUT2D eigenvalue weighted by Gasteiger charge is -2.17. The fraction of sp³-hybridized carbons (Fsp3) is 0.250. The van der Waals surface area contributed by atoms with Crippen LogP contribution in [0.3, 0.4) is 0 Å². The smallest absolute Gasteiger partial charge is 0.407 e. The third kappa shape index (κ3) is 4.29. The van der Waals surface area contributed by atoms with E-state index in [9.17, 15) is 14.4 Å². The molecule has 0 saturated carbocycles. The summed E-state index contributed by atoms with van der Waals surface area (Å²) in [5, 5.41) is 10.8. The summed E-state index contributed by atoms with van der Waals surface area (Å²) in [4.78, 5) is 38.7. The molecule has 1 atom stereocenters. The number of carbonyl (C=O) groups is 3. The van der Waals surface area contributed by atoms with Crippen molar-refractivity contribution in [2.75, 3.05) is 13.2 Å². The van der Waals surface area contributed by atoms with E-state index in [0.29, 0.717) is 0 Å². The lowest BCUT2D eigenvalue weighted by molar-refractivity contribution is -0.149. The minimum Gasteiger partial charge on any atom is -0.479 e. The van der Waals surface area contributed by atoms with Crippen molar-refractivity contribution in [2.24, 2.45) is 0 Å². The van der Waals surface area contributed by atoms with Crippen LogP contribution in [-0.2, 0) is 19.2 Å². The van der Waals surface area contributed by atoms with Crippen molar-refractivity contribution in [3.05, 3.63) is 59.7 Å². The van der Waals surface area contributed by atoms with Crippen LogP contribution in [0.15, 0.2) is 48.5 Å². The topological polar surface area (TPSA) is 114 Å². The molecule has 2 amide bonds. The molecule has 0 bridgehead atoms. The highest BCUT2D eigenvalue weighted by Gasteiger charge is 2.29. The van der Waals surface area contributed by atoms with Gasteiger partial charge in [0.2, 0.25) is 0 Å². The van der Waals surface area contributed by atoms with E-state index < -0.39 is 30.6 Å². The largest absolute Gasteiger partial charge is 0.479 e. The zero-order valence-corrected chi connectivity index (χ0v) is 15.2. The molecular formula is C20H20N2O6. The van der Waals surface area contributed by atoms with Gasteiger partial charge in [0.15, 0.2) is 6.61 Å². The van der Waals surface area contributed by atoms with E-state index in [-0.39, 0.29) is 12.5 Å². The van der Waals surface area contributed by atoms with Gasteiger partial charge in [0.25, 0.3) is 5.91 Å². The summed E-state index contributed by atoms with van der Waals surface area (Å²) >= 11 is 0. The van der Waals surface area contributed by atoms with Crippen molar-refractivity contribution in [2.45, 2.75) is 18.9 Å². The monoisotopic (exact) mass is 384 g/mol. The van der Waals surface area contributed by atoms with Crippen LogP contribution in [-0.4, -0.2) is 42.3 Å². The summed E-state index contributed by atoms with van der Waals surface area (Å²) in [6.07, 6.45) is -0.747. The number of fused-ring (bicyclic) bond motifs is 3. The number of benzene rings is 2. The number of rotatable bonds is 7. The fourth-order valence-electron chi connectivity index (χ4n) is 3.14. The van der Waals surface area contributed by atoms with Crippen molar-refractivity contribution in [1.29, 1.82) is 0 Å². The first-order valence-corrected chi connectivity index (χ1v) is 8.72. The van der Waals surface area contributed by atoms with Crippen LogP contribution in [0.1, 0.15) is 24.0 Å². The third-order valence-electron chi connectivity index (χ3n) is 4.44. The number of carboxylic acid groups (broad SMARTS) is 1. The van der Waals surface area contributed by atoms with Crippen molar-refractivity contribution in [1.82, 2.24) is 10.8 Å². The van der Waals surface area contributed by atoms with Crippen molar-refractivity contribution < 1.29 is 29.1 Å². The van der Waals surface area contributed by atoms with Crippen LogP contribution in [0.5, 0.6) is 0 Å². The first-order chi connectivity index (χ1) is 13.5. The second-order valence-corrected chi connectivity index (χ2v) is 6.34. The van der Waals surface area contributed by atoms with E-state index in [1.807, 2.05) is 54.0 Å². The number of hydroxylamine groups is 1. The van der Waals surface area contributed by atoms with E-state index >= 15 is 0 Å². The number of carboxylic acids is 1. The number of ether oxygens (including phenoxy) is 1. The molecule has 3 rings (SSSR count). The molecule has 3 N–H and O–H groups in total. The van der Waals surface area contributed by atoms with E-state index in [1.165, 1.54) is 6.92 Å². The van der Waals surface area contributed by atoms with Gasteiger partial charge in [-0.2, -0.15) is 0 Å². The predicted octanol–water partition coefficient (Wildman–Crippen LogP) is 2.05. The maximum absolute atomic E-state index is 12.1. The lowest BCUT2D eigenvalue weighted by Crippen LogP contribution is -2.45. The summed E-state index contributed by atoms with van der Waals surface area (Å²) in [6.45, 7) is 0.883. The second kappa shape index (κ2) is 8.53. The first kappa shape index (κ1) is 19.4. The number of alkyl carbamates (subject to hydrolysis) is 1. The number of carbonyl (C=O) groups excluding carboxylic acids is 2. The summed E-state index contributed by atoms with van der Waals surface area (Å²) < 4.78 is 5.34. The lowest BCUT2D eigenvalue weighted by atomic mass is 9.98. The van der Waals surface area contributed by atoms with Gasteiger partial charge in [-0.05, 0) is 29.2 Å². The predicted molar refractivity (Wildman–Crippen MR) is 99.4 cm³/mol. The molecule has 146 valence electrons. The Morgan fingerprint density at radius 2 is 1.61 bits per heavy atom. The number of aliphatic carboxylic acids is 1. The van der Waals surface area contributed by atoms with E-state index in [1.54, 1.807) is 0 Å². The minimum absolute atomic E-state index is 0.0822. The summed E-state index contributed by atoms with van der Waals surface area (Å²) in [7, 11) is 0. The molecular weight excluding hydrogens is 364 g/mol. The zero-order valence-electron chi connectivity index (χ0n) is 15.2. The van der Waals surface area contributed by atoms with Gasteiger partial charge >= 0.3 is 12.1 Å². The Morgan fingerprint density at radius 3 is 2.18 bits per heavy atom. The maximum atomic E-state index is 12.1. The SMILES string of the molecule is C[C@@H](NC(=O)OCC1c2ccccc2-c2ccccc21)C(=O)NOCC(=O)O. The van der Waals surface area contributed by atoms with Crippen LogP contribution in [0.25, 0.3) is 11.1 Å². The summed E-state index contributed by atoms with van der Waals surface area (Å²) in [6, 6.07) is 15.0. The van der Waals surface area contributed by atoms with Crippen LogP contribution in [0.2, 0.25) is 0 Å². The molecule has 0 aliphatic heterocycles. The number of hydrogen-bond acceptors (Lipinski definition) is 5. The van der Waals surface area contributed by atoms with E-state index in [0.717, 1.165) is 22.3 Å². The highest BCUT2D eigenvalue weighted by atomic mass is 16.7. The van der Waals surface area contributed by atoms with Crippen LogP contribution in [0, 0.1) is 0 Å². The average Bonchev–Trinajstić information content (AvgIpc) is 3.00. The highest BCUT2D eigenvalue weighted by molar-refractivity contribution is 5.84. The second-order valence-electron chi connectivity index (χ2n) is 6.34. The van der Waals surface area contributed by atoms with Crippen LogP contribution in [0.4, 0.5) is 4.79 Å². The number of amides is 2. The molecule has 1 aliphatic carbocycles. The molecule has 0 heterocycles. The van der Waals surface area contributed by atoms with Gasteiger partial charge in [-0.15, -0.1) is 0 Å². The first-order valence-electron chi connectivity index (χ1n) is 8.72. The maximum Gasteiger partial charge on any atom is 0.407 e. The Balaban J connectivity index is 1.56. The molecule has 0 fully saturated rings. The zero-order chi connectivity index (χ0) is 20.1. The third-order valence-corrected chi connectivity index (χ3v) is 4.44. The summed E-state index contributed by atoms with van der Waals surface area (Å²) in [5.74, 6) is -1.99. The van der Waals surface area contributed by atoms with Crippen molar-refractivity contribution in [3.8, 4) is 11.1 Å². The normalized spacial score (nSPS) is 13.2. The molecule has 0 unspecified atom stereocenters. The molecule has 8 heteroatoms. The van der Waals surface area contributed by atoms with Crippen molar-refractivity contribution in [3.63, 3.8) is 0 Å². The Labute approximate surface area is 161 Å². The van der Waals surface area contributed by atoms with E-state index in [4.69, 9.17) is 9.84 Å². The van der Waals surface area contributed by atoms with Crippen molar-refractivity contribution >= 4 is 18.0 Å². The Morgan fingerprint density at radius 1 is 1.04 bits per heavy atom. The molecule has 0 spiro atoms. The molecule has 2 aromatic carbocycles.